The number of hydrogen-bond donors (Lipinski definition) is 0. The monoisotopic (exact) mass is 392 g/mol. The molecular weight excluding hydrogens is 366 g/mol. The summed E-state index contributed by atoms with van der Waals surface area (Å²) in [6.45, 7) is 5.25. The van der Waals surface area contributed by atoms with Gasteiger partial charge in [0, 0.05) is 66.0 Å². The fraction of sp³-hybridized carbons (Fsp3) is 0.812. The number of hydrogen-bond acceptors (Lipinski definition) is 5. The van der Waals surface area contributed by atoms with Crippen LogP contribution in [0.4, 0.5) is 8.78 Å². The molecule has 2 saturated heterocycles. The highest BCUT2D eigenvalue weighted by atomic mass is 32.2. The lowest BCUT2D eigenvalue weighted by Gasteiger charge is -2.36. The fourth-order valence-corrected chi connectivity index (χ4v) is 5.03. The van der Waals surface area contributed by atoms with E-state index >= 15 is 0 Å². The van der Waals surface area contributed by atoms with E-state index in [-0.39, 0.29) is 5.03 Å². The summed E-state index contributed by atoms with van der Waals surface area (Å²) in [5, 5.41) is 3.49. The van der Waals surface area contributed by atoms with Crippen molar-refractivity contribution in [2.24, 2.45) is 13.0 Å². The molecule has 0 aromatic carbocycles. The summed E-state index contributed by atoms with van der Waals surface area (Å²) in [4.78, 5) is 2.27. The molecule has 0 amide bonds. The van der Waals surface area contributed by atoms with E-state index in [4.69, 9.17) is 4.74 Å². The summed E-state index contributed by atoms with van der Waals surface area (Å²) in [7, 11) is -2.46. The predicted octanol–water partition coefficient (Wildman–Crippen LogP) is 1.26. The maximum atomic E-state index is 13.5. The molecular formula is C16H26F2N4O3S. The number of rotatable bonds is 5. The average molecular weight is 392 g/mol. The van der Waals surface area contributed by atoms with Crippen LogP contribution in [0.15, 0.2) is 11.1 Å². The molecule has 148 valence electrons. The Kier molecular flexibility index (Phi) is 5.66. The van der Waals surface area contributed by atoms with Crippen LogP contribution in [-0.4, -0.2) is 73.3 Å². The van der Waals surface area contributed by atoms with E-state index in [2.05, 4.69) is 10.00 Å². The number of aryl methyl sites for hydroxylation is 1. The Morgan fingerprint density at radius 2 is 1.85 bits per heavy atom. The zero-order valence-electron chi connectivity index (χ0n) is 15.2. The van der Waals surface area contributed by atoms with Crippen molar-refractivity contribution >= 4 is 10.0 Å². The van der Waals surface area contributed by atoms with Gasteiger partial charge in [-0.2, -0.15) is 18.2 Å². The number of nitrogens with zero attached hydrogens (tertiary/aromatic N) is 4. The summed E-state index contributed by atoms with van der Waals surface area (Å²) in [5.41, 5.74) is -0.531. The van der Waals surface area contributed by atoms with Crippen LogP contribution in [0.5, 0.6) is 0 Å². The van der Waals surface area contributed by atoms with Gasteiger partial charge in [0.15, 0.2) is 5.03 Å². The van der Waals surface area contributed by atoms with Crippen LogP contribution in [0.1, 0.15) is 25.5 Å². The van der Waals surface area contributed by atoms with Crippen molar-refractivity contribution in [1.82, 2.24) is 19.0 Å². The van der Waals surface area contributed by atoms with Crippen LogP contribution in [0.3, 0.4) is 0 Å². The summed E-state index contributed by atoms with van der Waals surface area (Å²) < 4.78 is 60.3. The van der Waals surface area contributed by atoms with E-state index < -0.39 is 21.6 Å². The van der Waals surface area contributed by atoms with Gasteiger partial charge in [-0.3, -0.25) is 4.68 Å². The second-order valence-corrected chi connectivity index (χ2v) is 9.03. The largest absolute Gasteiger partial charge is 0.381 e. The van der Waals surface area contributed by atoms with Crippen LogP contribution in [-0.2, 0) is 27.7 Å². The zero-order valence-corrected chi connectivity index (χ0v) is 16.0. The molecule has 0 atom stereocenters. The zero-order chi connectivity index (χ0) is 18.9. The first-order chi connectivity index (χ1) is 12.2. The molecule has 0 N–H and O–H groups in total. The molecule has 26 heavy (non-hydrogen) atoms. The lowest BCUT2D eigenvalue weighted by molar-refractivity contribution is 0.0122. The number of aromatic nitrogens is 2. The van der Waals surface area contributed by atoms with Crippen LogP contribution in [0.2, 0.25) is 0 Å². The lowest BCUT2D eigenvalue weighted by atomic mass is 9.99. The average Bonchev–Trinajstić information content (AvgIpc) is 2.99. The molecule has 0 aliphatic carbocycles. The molecule has 0 saturated carbocycles. The third-order valence-corrected chi connectivity index (χ3v) is 7.04. The number of alkyl halides is 2. The first kappa shape index (κ1) is 19.7. The topological polar surface area (TPSA) is 67.7 Å². The SMILES string of the molecule is Cn1nc(C(C)(F)F)cc1S(=O)(=O)N1CCN(CC2CCOCC2)CC1. The summed E-state index contributed by atoms with van der Waals surface area (Å²) in [6.07, 6.45) is 2.09. The molecule has 0 bridgehead atoms. The quantitative estimate of drug-likeness (QED) is 0.755. The molecule has 0 unspecified atom stereocenters. The Labute approximate surface area is 152 Å². The molecule has 3 heterocycles. The van der Waals surface area contributed by atoms with Gasteiger partial charge in [-0.05, 0) is 18.8 Å². The number of piperazine rings is 1. The highest BCUT2D eigenvalue weighted by Crippen LogP contribution is 2.28. The van der Waals surface area contributed by atoms with Gasteiger partial charge in [0.25, 0.3) is 15.9 Å². The van der Waals surface area contributed by atoms with E-state index in [1.54, 1.807) is 0 Å². The lowest BCUT2D eigenvalue weighted by Crippen LogP contribution is -2.50. The molecule has 2 fully saturated rings. The first-order valence-electron chi connectivity index (χ1n) is 8.90. The third-order valence-electron chi connectivity index (χ3n) is 5.08. The Hall–Kier alpha value is -1.10. The molecule has 0 spiro atoms. The van der Waals surface area contributed by atoms with Gasteiger partial charge >= 0.3 is 0 Å². The maximum absolute atomic E-state index is 13.5. The standard InChI is InChI=1S/C16H26F2N4O3S/c1-16(17,18)14-11-15(20(2)19-14)26(23,24)22-7-5-21(6-8-22)12-13-3-9-25-10-4-13/h11,13H,3-10,12H2,1-2H3. The molecule has 0 radical (unpaired) electrons. The smallest absolute Gasteiger partial charge is 0.288 e. The Balaban J connectivity index is 1.64. The second kappa shape index (κ2) is 7.49. The Bertz CT molecular complexity index is 718. The molecule has 2 aliphatic rings. The molecule has 1 aromatic heterocycles. The van der Waals surface area contributed by atoms with Gasteiger partial charge in [-0.25, -0.2) is 8.42 Å². The first-order valence-corrected chi connectivity index (χ1v) is 10.3. The fourth-order valence-electron chi connectivity index (χ4n) is 3.48. The van der Waals surface area contributed by atoms with E-state index in [1.165, 1.54) is 11.4 Å². The van der Waals surface area contributed by atoms with E-state index in [0.717, 1.165) is 43.3 Å². The van der Waals surface area contributed by atoms with Crippen molar-refractivity contribution in [3.8, 4) is 0 Å². The van der Waals surface area contributed by atoms with E-state index in [9.17, 15) is 17.2 Å². The van der Waals surface area contributed by atoms with Crippen LogP contribution >= 0.6 is 0 Å². The Morgan fingerprint density at radius 1 is 1.23 bits per heavy atom. The number of halogens is 2. The molecule has 3 rings (SSSR count). The van der Waals surface area contributed by atoms with Crippen LogP contribution in [0, 0.1) is 5.92 Å². The number of sulfonamides is 1. The van der Waals surface area contributed by atoms with Crippen molar-refractivity contribution in [3.05, 3.63) is 11.8 Å². The molecule has 10 heteroatoms. The van der Waals surface area contributed by atoms with Crippen molar-refractivity contribution in [1.29, 1.82) is 0 Å². The molecule has 1 aromatic rings. The van der Waals surface area contributed by atoms with Crippen molar-refractivity contribution in [2.45, 2.75) is 30.7 Å². The molecule has 2 aliphatic heterocycles. The molecule has 7 nitrogen and oxygen atoms in total. The van der Waals surface area contributed by atoms with E-state index in [1.807, 2.05) is 0 Å². The van der Waals surface area contributed by atoms with Gasteiger partial charge in [0.2, 0.25) is 0 Å². The van der Waals surface area contributed by atoms with Crippen LogP contribution in [0.25, 0.3) is 0 Å². The summed E-state index contributed by atoms with van der Waals surface area (Å²) in [5.74, 6) is -2.58. The van der Waals surface area contributed by atoms with Crippen molar-refractivity contribution in [3.63, 3.8) is 0 Å². The highest BCUT2D eigenvalue weighted by molar-refractivity contribution is 7.89. The minimum absolute atomic E-state index is 0.188. The minimum atomic E-state index is -3.83. The van der Waals surface area contributed by atoms with Gasteiger partial charge in [-0.15, -0.1) is 0 Å². The summed E-state index contributed by atoms with van der Waals surface area (Å²) >= 11 is 0. The van der Waals surface area contributed by atoms with Gasteiger partial charge in [0.1, 0.15) is 5.69 Å². The second-order valence-electron chi connectivity index (χ2n) is 7.14. The van der Waals surface area contributed by atoms with E-state index in [0.29, 0.717) is 39.0 Å². The maximum Gasteiger partial charge on any atom is 0.288 e. The normalized spacial score (nSPS) is 22.0. The predicted molar refractivity (Wildman–Crippen MR) is 91.5 cm³/mol. The van der Waals surface area contributed by atoms with Crippen LogP contribution < -0.4 is 0 Å². The van der Waals surface area contributed by atoms with Gasteiger partial charge in [-0.1, -0.05) is 0 Å². The van der Waals surface area contributed by atoms with Gasteiger partial charge < -0.3 is 9.64 Å². The number of ether oxygens (including phenoxy) is 1. The minimum Gasteiger partial charge on any atom is -0.381 e. The van der Waals surface area contributed by atoms with Crippen molar-refractivity contribution in [2.75, 3.05) is 45.9 Å². The third kappa shape index (κ3) is 4.24. The van der Waals surface area contributed by atoms with Gasteiger partial charge in [0.05, 0.1) is 0 Å². The highest BCUT2D eigenvalue weighted by Gasteiger charge is 2.35. The summed E-state index contributed by atoms with van der Waals surface area (Å²) in [6, 6.07) is 0.976. The Morgan fingerprint density at radius 3 is 2.38 bits per heavy atom. The van der Waals surface area contributed by atoms with Crippen molar-refractivity contribution < 1.29 is 21.9 Å².